The molecule has 2 rings (SSSR count). The van der Waals surface area contributed by atoms with E-state index in [1.54, 1.807) is 18.2 Å². The van der Waals surface area contributed by atoms with E-state index < -0.39 is 0 Å². The first-order chi connectivity index (χ1) is 8.70. The summed E-state index contributed by atoms with van der Waals surface area (Å²) in [5, 5.41) is 9.09. The minimum absolute atomic E-state index is 0.189. The van der Waals surface area contributed by atoms with Crippen LogP contribution >= 0.6 is 23.8 Å². The van der Waals surface area contributed by atoms with Crippen LogP contribution in [0.4, 0.5) is 0 Å². The number of nitrogens with zero attached hydrogens (tertiary/aromatic N) is 3. The molecule has 18 heavy (non-hydrogen) atoms. The Morgan fingerprint density at radius 3 is 2.83 bits per heavy atom. The third-order valence-corrected chi connectivity index (χ3v) is 2.99. The molecule has 1 aromatic rings. The highest BCUT2D eigenvalue weighted by Gasteiger charge is 2.25. The fourth-order valence-corrected chi connectivity index (χ4v) is 1.90. The maximum absolute atomic E-state index is 5.80. The SMILES string of the molecule is C=CCN1C(=S)N=NC1COc1ccc(Cl)cc1. The molecule has 0 fully saturated rings. The van der Waals surface area contributed by atoms with Gasteiger partial charge in [0, 0.05) is 11.6 Å². The van der Waals surface area contributed by atoms with Gasteiger partial charge in [-0.2, -0.15) is 5.11 Å². The van der Waals surface area contributed by atoms with Gasteiger partial charge in [0.05, 0.1) is 0 Å². The quantitative estimate of drug-likeness (QED) is 0.614. The van der Waals surface area contributed by atoms with Crippen LogP contribution in [0.1, 0.15) is 0 Å². The fraction of sp³-hybridized carbons (Fsp3) is 0.250. The van der Waals surface area contributed by atoms with Gasteiger partial charge in [0.2, 0.25) is 5.11 Å². The number of azo groups is 1. The third kappa shape index (κ3) is 3.05. The molecular formula is C12H12ClN3OS. The topological polar surface area (TPSA) is 37.2 Å². The summed E-state index contributed by atoms with van der Waals surface area (Å²) >= 11 is 10.9. The van der Waals surface area contributed by atoms with E-state index in [1.165, 1.54) is 0 Å². The van der Waals surface area contributed by atoms with Crippen molar-refractivity contribution in [2.45, 2.75) is 6.17 Å². The summed E-state index contributed by atoms with van der Waals surface area (Å²) in [4.78, 5) is 1.86. The molecule has 6 heteroatoms. The Balaban J connectivity index is 1.93. The minimum atomic E-state index is -0.189. The van der Waals surface area contributed by atoms with Crippen molar-refractivity contribution < 1.29 is 4.74 Å². The van der Waals surface area contributed by atoms with E-state index in [0.717, 1.165) is 5.75 Å². The number of hydrogen-bond acceptors (Lipinski definition) is 3. The highest BCUT2D eigenvalue weighted by Crippen LogP contribution is 2.18. The lowest BCUT2D eigenvalue weighted by Gasteiger charge is -2.21. The molecule has 0 saturated heterocycles. The van der Waals surface area contributed by atoms with Gasteiger partial charge < -0.3 is 9.64 Å². The Labute approximate surface area is 116 Å². The van der Waals surface area contributed by atoms with Gasteiger partial charge in [-0.15, -0.1) is 11.7 Å². The van der Waals surface area contributed by atoms with Crippen molar-refractivity contribution in [1.29, 1.82) is 0 Å². The lowest BCUT2D eigenvalue weighted by molar-refractivity contribution is 0.220. The fourth-order valence-electron chi connectivity index (χ4n) is 1.53. The van der Waals surface area contributed by atoms with Crippen molar-refractivity contribution in [2.75, 3.05) is 13.2 Å². The first-order valence-corrected chi connectivity index (χ1v) is 6.20. The first-order valence-electron chi connectivity index (χ1n) is 5.41. The predicted octanol–water partition coefficient (Wildman–Crippen LogP) is 3.28. The highest BCUT2D eigenvalue weighted by atomic mass is 35.5. The number of hydrogen-bond donors (Lipinski definition) is 0. The molecule has 0 aliphatic carbocycles. The molecule has 94 valence electrons. The highest BCUT2D eigenvalue weighted by molar-refractivity contribution is 7.80. The molecule has 1 aromatic carbocycles. The van der Waals surface area contributed by atoms with Crippen LogP contribution in [0.2, 0.25) is 5.02 Å². The molecule has 0 saturated carbocycles. The maximum Gasteiger partial charge on any atom is 0.218 e. The molecule has 1 atom stereocenters. The molecule has 1 aliphatic rings. The van der Waals surface area contributed by atoms with Gasteiger partial charge >= 0.3 is 0 Å². The van der Waals surface area contributed by atoms with Crippen molar-refractivity contribution in [3.8, 4) is 5.75 Å². The number of benzene rings is 1. The molecule has 1 aliphatic heterocycles. The third-order valence-electron chi connectivity index (χ3n) is 2.42. The van der Waals surface area contributed by atoms with E-state index in [0.29, 0.717) is 23.3 Å². The van der Waals surface area contributed by atoms with Gasteiger partial charge in [0.1, 0.15) is 12.4 Å². The van der Waals surface area contributed by atoms with Gasteiger partial charge in [0.25, 0.3) is 0 Å². The first kappa shape index (κ1) is 13.0. The molecule has 0 spiro atoms. The predicted molar refractivity (Wildman–Crippen MR) is 75.1 cm³/mol. The van der Waals surface area contributed by atoms with E-state index in [4.69, 9.17) is 28.6 Å². The Hall–Kier alpha value is -1.46. The Morgan fingerprint density at radius 1 is 1.44 bits per heavy atom. The maximum atomic E-state index is 5.80. The second-order valence-electron chi connectivity index (χ2n) is 3.68. The summed E-state index contributed by atoms with van der Waals surface area (Å²) in [5.41, 5.74) is 0. The summed E-state index contributed by atoms with van der Waals surface area (Å²) in [6, 6.07) is 7.17. The van der Waals surface area contributed by atoms with Crippen molar-refractivity contribution in [3.05, 3.63) is 41.9 Å². The molecule has 0 amide bonds. The average Bonchev–Trinajstić information content (AvgIpc) is 2.71. The van der Waals surface area contributed by atoms with Crippen molar-refractivity contribution >= 4 is 28.9 Å². The summed E-state index contributed by atoms with van der Waals surface area (Å²) in [7, 11) is 0. The Morgan fingerprint density at radius 2 is 2.17 bits per heavy atom. The van der Waals surface area contributed by atoms with Gasteiger partial charge in [0.15, 0.2) is 6.17 Å². The summed E-state index contributed by atoms with van der Waals surface area (Å²) < 4.78 is 5.62. The number of thiocarbonyl (C=S) groups is 1. The zero-order chi connectivity index (χ0) is 13.0. The zero-order valence-electron chi connectivity index (χ0n) is 9.62. The van der Waals surface area contributed by atoms with E-state index in [2.05, 4.69) is 16.8 Å². The molecule has 0 N–H and O–H groups in total. The van der Waals surface area contributed by atoms with Crippen LogP contribution in [0.25, 0.3) is 0 Å². The van der Waals surface area contributed by atoms with Gasteiger partial charge in [-0.3, -0.25) is 0 Å². The Bertz CT molecular complexity index is 475. The van der Waals surface area contributed by atoms with Crippen LogP contribution in [-0.2, 0) is 0 Å². The van der Waals surface area contributed by atoms with Crippen molar-refractivity contribution in [1.82, 2.24) is 4.90 Å². The summed E-state index contributed by atoms with van der Waals surface area (Å²) in [6.07, 6.45) is 1.57. The average molecular weight is 282 g/mol. The molecule has 0 radical (unpaired) electrons. The standard InChI is InChI=1S/C12H12ClN3OS/c1-2-7-16-11(14-15-12(16)18)8-17-10-5-3-9(13)4-6-10/h2-6,11H,1,7-8H2. The van der Waals surface area contributed by atoms with Crippen LogP contribution in [0.5, 0.6) is 5.75 Å². The normalized spacial score (nSPS) is 18.2. The van der Waals surface area contributed by atoms with Crippen molar-refractivity contribution in [2.24, 2.45) is 10.2 Å². The monoisotopic (exact) mass is 281 g/mol. The minimum Gasteiger partial charge on any atom is -0.489 e. The van der Waals surface area contributed by atoms with E-state index in [1.807, 2.05) is 17.0 Å². The van der Waals surface area contributed by atoms with E-state index in [-0.39, 0.29) is 6.17 Å². The Kier molecular flexibility index (Phi) is 4.28. The van der Waals surface area contributed by atoms with Crippen molar-refractivity contribution in [3.63, 3.8) is 0 Å². The van der Waals surface area contributed by atoms with Crippen LogP contribution in [-0.4, -0.2) is 29.3 Å². The van der Waals surface area contributed by atoms with Crippen LogP contribution in [0.3, 0.4) is 0 Å². The molecule has 0 aromatic heterocycles. The van der Waals surface area contributed by atoms with Gasteiger partial charge in [-0.1, -0.05) is 17.7 Å². The van der Waals surface area contributed by atoms with Crippen LogP contribution < -0.4 is 4.74 Å². The van der Waals surface area contributed by atoms with Crippen LogP contribution in [0.15, 0.2) is 47.1 Å². The number of halogens is 1. The molecular weight excluding hydrogens is 270 g/mol. The second-order valence-corrected chi connectivity index (χ2v) is 4.49. The lowest BCUT2D eigenvalue weighted by Crippen LogP contribution is -2.36. The number of ether oxygens (including phenoxy) is 1. The largest absolute Gasteiger partial charge is 0.489 e. The van der Waals surface area contributed by atoms with E-state index >= 15 is 0 Å². The molecule has 1 heterocycles. The smallest absolute Gasteiger partial charge is 0.218 e. The van der Waals surface area contributed by atoms with Crippen LogP contribution in [0, 0.1) is 0 Å². The zero-order valence-corrected chi connectivity index (χ0v) is 11.2. The second kappa shape index (κ2) is 5.93. The van der Waals surface area contributed by atoms with Gasteiger partial charge in [-0.05, 0) is 36.5 Å². The van der Waals surface area contributed by atoms with Gasteiger partial charge in [-0.25, -0.2) is 0 Å². The summed E-state index contributed by atoms with van der Waals surface area (Å²) in [6.45, 7) is 4.68. The lowest BCUT2D eigenvalue weighted by atomic mass is 10.3. The van der Waals surface area contributed by atoms with E-state index in [9.17, 15) is 0 Å². The molecule has 4 nitrogen and oxygen atoms in total. The number of rotatable bonds is 5. The molecule has 1 unspecified atom stereocenters. The molecule has 0 bridgehead atoms. The summed E-state index contributed by atoms with van der Waals surface area (Å²) in [5.74, 6) is 0.742.